The molecule has 2 N–H and O–H groups in total. The molecule has 1 aliphatic heterocycles. The molecule has 8 heteroatoms. The van der Waals surface area contributed by atoms with Gasteiger partial charge in [0.25, 0.3) is 5.91 Å². The first-order valence-electron chi connectivity index (χ1n) is 11.2. The van der Waals surface area contributed by atoms with Crippen molar-refractivity contribution >= 4 is 29.4 Å². The van der Waals surface area contributed by atoms with Crippen molar-refractivity contribution in [1.29, 1.82) is 0 Å². The zero-order chi connectivity index (χ0) is 24.3. The number of nitrogens with one attached hydrogen (secondary N) is 2. The summed E-state index contributed by atoms with van der Waals surface area (Å²) in [4.78, 5) is 25.7. The average molecular weight is 479 g/mol. The fourth-order valence-electron chi connectivity index (χ4n) is 3.76. The summed E-state index contributed by atoms with van der Waals surface area (Å²) in [5, 5.41) is 10.5. The Balaban J connectivity index is 1.45. The molecule has 0 saturated carbocycles. The molecule has 7 nitrogen and oxygen atoms in total. The minimum atomic E-state index is -0.208. The Morgan fingerprint density at radius 2 is 1.76 bits per heavy atom. The molecular formula is C26H30N4O3S. The Morgan fingerprint density at radius 3 is 2.41 bits per heavy atom. The summed E-state index contributed by atoms with van der Waals surface area (Å²) in [6.07, 6.45) is 0. The normalized spacial score (nSPS) is 12.8. The van der Waals surface area contributed by atoms with Crippen LogP contribution >= 0.6 is 11.8 Å². The fourth-order valence-corrected chi connectivity index (χ4v) is 4.79. The number of carbonyl (C=O) groups excluding carboxylic acids is 2. The number of fused-ring (bicyclic) bond motifs is 1. The number of thioether (sulfide) groups is 1. The summed E-state index contributed by atoms with van der Waals surface area (Å²) < 4.78 is 6.77. The van der Waals surface area contributed by atoms with Gasteiger partial charge in [-0.25, -0.2) is 4.68 Å². The molecule has 2 aromatic carbocycles. The monoisotopic (exact) mass is 478 g/mol. The van der Waals surface area contributed by atoms with E-state index in [-0.39, 0.29) is 23.8 Å². The lowest BCUT2D eigenvalue weighted by Crippen LogP contribution is -2.28. The zero-order valence-corrected chi connectivity index (χ0v) is 20.8. The number of hydrogen-bond donors (Lipinski definition) is 2. The molecular weight excluding hydrogens is 448 g/mol. The molecule has 3 aromatic rings. The van der Waals surface area contributed by atoms with E-state index >= 15 is 0 Å². The van der Waals surface area contributed by atoms with Crippen molar-refractivity contribution in [1.82, 2.24) is 15.1 Å². The lowest BCUT2D eigenvalue weighted by atomic mass is 9.87. The van der Waals surface area contributed by atoms with Crippen LogP contribution in [0.2, 0.25) is 0 Å². The van der Waals surface area contributed by atoms with E-state index in [1.54, 1.807) is 23.6 Å². The summed E-state index contributed by atoms with van der Waals surface area (Å²) in [6.45, 7) is 6.86. The molecule has 178 valence electrons. The molecule has 0 bridgehead atoms. The maximum absolute atomic E-state index is 13.0. The first-order valence-corrected chi connectivity index (χ1v) is 12.4. The van der Waals surface area contributed by atoms with Gasteiger partial charge in [-0.2, -0.15) is 16.9 Å². The van der Waals surface area contributed by atoms with Gasteiger partial charge in [0.05, 0.1) is 12.8 Å². The van der Waals surface area contributed by atoms with Crippen LogP contribution in [0.25, 0.3) is 0 Å². The van der Waals surface area contributed by atoms with Crippen molar-refractivity contribution in [2.24, 2.45) is 0 Å². The highest BCUT2D eigenvalue weighted by Gasteiger charge is 2.25. The number of rotatable bonds is 7. The minimum Gasteiger partial charge on any atom is -0.497 e. The summed E-state index contributed by atoms with van der Waals surface area (Å²) in [5.74, 6) is 2.53. The van der Waals surface area contributed by atoms with Crippen molar-refractivity contribution < 1.29 is 14.3 Å². The van der Waals surface area contributed by atoms with E-state index in [1.807, 2.05) is 48.5 Å². The molecule has 0 atom stereocenters. The number of nitrogens with zero attached hydrogens (tertiary/aromatic N) is 2. The predicted octanol–water partition coefficient (Wildman–Crippen LogP) is 4.50. The Morgan fingerprint density at radius 1 is 1.06 bits per heavy atom. The number of methoxy groups -OCH3 is 1. The maximum atomic E-state index is 13.0. The molecule has 2 heterocycles. The van der Waals surface area contributed by atoms with E-state index in [0.29, 0.717) is 17.9 Å². The molecule has 0 saturated heterocycles. The third kappa shape index (κ3) is 5.44. The van der Waals surface area contributed by atoms with Gasteiger partial charge in [0.15, 0.2) is 0 Å². The van der Waals surface area contributed by atoms with Gasteiger partial charge < -0.3 is 15.4 Å². The van der Waals surface area contributed by atoms with Crippen molar-refractivity contribution in [2.45, 2.75) is 50.8 Å². The number of ether oxygens (including phenoxy) is 1. The summed E-state index contributed by atoms with van der Waals surface area (Å²) in [7, 11) is 1.62. The highest BCUT2D eigenvalue weighted by molar-refractivity contribution is 7.98. The fraction of sp³-hybridized carbons (Fsp3) is 0.346. The second-order valence-corrected chi connectivity index (χ2v) is 10.3. The van der Waals surface area contributed by atoms with Crippen molar-refractivity contribution in [3.63, 3.8) is 0 Å². The van der Waals surface area contributed by atoms with Crippen molar-refractivity contribution in [3.8, 4) is 5.75 Å². The van der Waals surface area contributed by atoms with Gasteiger partial charge in [-0.3, -0.25) is 9.59 Å². The maximum Gasteiger partial charge on any atom is 0.256 e. The van der Waals surface area contributed by atoms with Crippen LogP contribution in [-0.2, 0) is 34.8 Å². The SMILES string of the molecule is COc1ccc(CNC(=O)Cn2nc3c(c2NC(=O)c2ccc(C(C)(C)C)cc2)CSC3)cc1. The Kier molecular flexibility index (Phi) is 6.97. The number of carbonyl (C=O) groups is 2. The largest absolute Gasteiger partial charge is 0.497 e. The highest BCUT2D eigenvalue weighted by atomic mass is 32.2. The van der Waals surface area contributed by atoms with E-state index in [0.717, 1.165) is 34.1 Å². The summed E-state index contributed by atoms with van der Waals surface area (Å²) >= 11 is 1.75. The van der Waals surface area contributed by atoms with E-state index in [4.69, 9.17) is 4.74 Å². The molecule has 1 aromatic heterocycles. The summed E-state index contributed by atoms with van der Waals surface area (Å²) in [5.41, 5.74) is 4.65. The third-order valence-electron chi connectivity index (χ3n) is 5.81. The van der Waals surface area contributed by atoms with Crippen LogP contribution < -0.4 is 15.4 Å². The van der Waals surface area contributed by atoms with E-state index in [9.17, 15) is 9.59 Å². The number of amides is 2. The van der Waals surface area contributed by atoms with Crippen molar-refractivity contribution in [3.05, 3.63) is 76.5 Å². The molecule has 0 unspecified atom stereocenters. The van der Waals surface area contributed by atoms with E-state index in [2.05, 4.69) is 36.5 Å². The molecule has 0 radical (unpaired) electrons. The Bertz CT molecular complexity index is 1180. The predicted molar refractivity (Wildman–Crippen MR) is 135 cm³/mol. The molecule has 1 aliphatic rings. The van der Waals surface area contributed by atoms with Crippen LogP contribution in [0.5, 0.6) is 5.75 Å². The molecule has 0 aliphatic carbocycles. The average Bonchev–Trinajstić information content (AvgIpc) is 3.40. The number of benzene rings is 2. The third-order valence-corrected chi connectivity index (χ3v) is 6.78. The minimum absolute atomic E-state index is 0.0187. The van der Waals surface area contributed by atoms with Crippen LogP contribution in [0.15, 0.2) is 48.5 Å². The van der Waals surface area contributed by atoms with Gasteiger partial charge in [-0.1, -0.05) is 45.0 Å². The summed E-state index contributed by atoms with van der Waals surface area (Å²) in [6, 6.07) is 15.2. The quantitative estimate of drug-likeness (QED) is 0.522. The Labute approximate surface area is 204 Å². The second kappa shape index (κ2) is 9.93. The van der Waals surface area contributed by atoms with Crippen molar-refractivity contribution in [2.75, 3.05) is 12.4 Å². The van der Waals surface area contributed by atoms with Gasteiger partial charge in [-0.15, -0.1) is 0 Å². The highest BCUT2D eigenvalue weighted by Crippen LogP contribution is 2.35. The van der Waals surface area contributed by atoms with Gasteiger partial charge in [0.1, 0.15) is 18.1 Å². The van der Waals surface area contributed by atoms with E-state index in [1.165, 1.54) is 5.56 Å². The number of hydrogen-bond acceptors (Lipinski definition) is 5. The van der Waals surface area contributed by atoms with Gasteiger partial charge >= 0.3 is 0 Å². The van der Waals surface area contributed by atoms with Crippen LogP contribution in [0, 0.1) is 0 Å². The molecule has 0 spiro atoms. The number of anilines is 1. The molecule has 0 fully saturated rings. The Hall–Kier alpha value is -3.26. The topological polar surface area (TPSA) is 85.2 Å². The standard InChI is InChI=1S/C26H30N4O3S/c1-26(2,3)19-9-7-18(8-10-19)25(32)28-24-21-15-34-16-22(21)29-30(24)14-23(31)27-13-17-5-11-20(33-4)12-6-17/h5-12H,13-16H2,1-4H3,(H,27,31)(H,28,32). The lowest BCUT2D eigenvalue weighted by Gasteiger charge is -2.19. The first-order chi connectivity index (χ1) is 16.2. The van der Waals surface area contributed by atoms with Crippen LogP contribution in [-0.4, -0.2) is 28.7 Å². The molecule has 4 rings (SSSR count). The lowest BCUT2D eigenvalue weighted by molar-refractivity contribution is -0.122. The van der Waals surface area contributed by atoms with Gasteiger partial charge in [0.2, 0.25) is 5.91 Å². The van der Waals surface area contributed by atoms with Gasteiger partial charge in [0, 0.05) is 29.2 Å². The van der Waals surface area contributed by atoms with E-state index < -0.39 is 0 Å². The smallest absolute Gasteiger partial charge is 0.256 e. The number of aromatic nitrogens is 2. The second-order valence-electron chi connectivity index (χ2n) is 9.33. The molecule has 2 amide bonds. The zero-order valence-electron chi connectivity index (χ0n) is 20.0. The van der Waals surface area contributed by atoms with Gasteiger partial charge in [-0.05, 0) is 40.8 Å². The van der Waals surface area contributed by atoms with Crippen LogP contribution in [0.4, 0.5) is 5.82 Å². The van der Waals surface area contributed by atoms with Crippen LogP contribution in [0.3, 0.4) is 0 Å². The van der Waals surface area contributed by atoms with Crippen LogP contribution in [0.1, 0.15) is 53.5 Å². The molecule has 34 heavy (non-hydrogen) atoms. The first kappa shape index (κ1) is 23.9.